The SMILES string of the molecule is CC(C)(C)c1ccc(CNCCc2ncno2)s1. The Morgan fingerprint density at radius 1 is 1.33 bits per heavy atom. The lowest BCUT2D eigenvalue weighted by Crippen LogP contribution is -2.16. The molecular weight excluding hydrogens is 246 g/mol. The highest BCUT2D eigenvalue weighted by molar-refractivity contribution is 7.12. The molecule has 4 nitrogen and oxygen atoms in total. The maximum atomic E-state index is 4.94. The zero-order valence-electron chi connectivity index (χ0n) is 11.1. The zero-order chi connectivity index (χ0) is 13.0. The topological polar surface area (TPSA) is 51.0 Å². The Morgan fingerprint density at radius 3 is 2.78 bits per heavy atom. The number of thiophene rings is 1. The van der Waals surface area contributed by atoms with Gasteiger partial charge in [0.2, 0.25) is 5.89 Å². The molecule has 0 atom stereocenters. The Labute approximate surface area is 111 Å². The predicted octanol–water partition coefficient (Wildman–Crippen LogP) is 2.76. The van der Waals surface area contributed by atoms with E-state index >= 15 is 0 Å². The lowest BCUT2D eigenvalue weighted by molar-refractivity contribution is 0.375. The van der Waals surface area contributed by atoms with Gasteiger partial charge in [0.1, 0.15) is 0 Å². The predicted molar refractivity (Wildman–Crippen MR) is 72.7 cm³/mol. The lowest BCUT2D eigenvalue weighted by atomic mass is 9.95. The Balaban J connectivity index is 1.75. The fourth-order valence-corrected chi connectivity index (χ4v) is 2.62. The Hall–Kier alpha value is -1.20. The van der Waals surface area contributed by atoms with Crippen molar-refractivity contribution in [3.05, 3.63) is 34.1 Å². The van der Waals surface area contributed by atoms with Gasteiger partial charge in [0.25, 0.3) is 0 Å². The average molecular weight is 265 g/mol. The van der Waals surface area contributed by atoms with E-state index in [9.17, 15) is 0 Å². The maximum absolute atomic E-state index is 4.94. The van der Waals surface area contributed by atoms with Crippen molar-refractivity contribution in [2.45, 2.75) is 39.2 Å². The molecular formula is C13H19N3OS. The zero-order valence-corrected chi connectivity index (χ0v) is 11.9. The minimum absolute atomic E-state index is 0.243. The summed E-state index contributed by atoms with van der Waals surface area (Å²) >= 11 is 1.87. The monoisotopic (exact) mass is 265 g/mol. The molecule has 2 aromatic rings. The van der Waals surface area contributed by atoms with E-state index in [2.05, 4.69) is 48.4 Å². The van der Waals surface area contributed by atoms with Crippen molar-refractivity contribution in [2.24, 2.45) is 0 Å². The fraction of sp³-hybridized carbons (Fsp3) is 0.538. The van der Waals surface area contributed by atoms with Crippen LogP contribution in [0.25, 0.3) is 0 Å². The maximum Gasteiger partial charge on any atom is 0.227 e. The van der Waals surface area contributed by atoms with E-state index in [1.54, 1.807) is 0 Å². The van der Waals surface area contributed by atoms with Crippen LogP contribution in [-0.2, 0) is 18.4 Å². The number of rotatable bonds is 5. The van der Waals surface area contributed by atoms with E-state index in [-0.39, 0.29) is 5.41 Å². The van der Waals surface area contributed by atoms with Crippen molar-refractivity contribution in [1.82, 2.24) is 15.5 Å². The van der Waals surface area contributed by atoms with Gasteiger partial charge < -0.3 is 9.84 Å². The van der Waals surface area contributed by atoms with Gasteiger partial charge in [-0.1, -0.05) is 25.9 Å². The van der Waals surface area contributed by atoms with Crippen molar-refractivity contribution in [1.29, 1.82) is 0 Å². The highest BCUT2D eigenvalue weighted by Gasteiger charge is 2.15. The molecule has 0 unspecified atom stereocenters. The van der Waals surface area contributed by atoms with Gasteiger partial charge in [0.05, 0.1) is 0 Å². The van der Waals surface area contributed by atoms with Gasteiger partial charge in [-0.2, -0.15) is 4.98 Å². The number of hydrogen-bond acceptors (Lipinski definition) is 5. The summed E-state index contributed by atoms with van der Waals surface area (Å²) < 4.78 is 4.94. The van der Waals surface area contributed by atoms with Crippen molar-refractivity contribution in [2.75, 3.05) is 6.54 Å². The minimum Gasteiger partial charge on any atom is -0.340 e. The molecule has 2 aromatic heterocycles. The van der Waals surface area contributed by atoms with E-state index in [1.165, 1.54) is 16.1 Å². The molecule has 0 saturated carbocycles. The van der Waals surface area contributed by atoms with Crippen LogP contribution in [0, 0.1) is 0 Å². The highest BCUT2D eigenvalue weighted by Crippen LogP contribution is 2.29. The van der Waals surface area contributed by atoms with E-state index in [1.807, 2.05) is 11.3 Å². The van der Waals surface area contributed by atoms with Crippen molar-refractivity contribution >= 4 is 11.3 Å². The van der Waals surface area contributed by atoms with Crippen LogP contribution in [0.5, 0.6) is 0 Å². The van der Waals surface area contributed by atoms with Gasteiger partial charge in [-0.25, -0.2) is 0 Å². The summed E-state index contributed by atoms with van der Waals surface area (Å²) in [5.74, 6) is 0.684. The number of nitrogens with one attached hydrogen (secondary N) is 1. The van der Waals surface area contributed by atoms with Gasteiger partial charge in [-0.15, -0.1) is 11.3 Å². The molecule has 18 heavy (non-hydrogen) atoms. The molecule has 0 saturated heterocycles. The standard InChI is InChI=1S/C13H19N3OS/c1-13(2,3)11-5-4-10(18-11)8-14-7-6-12-15-9-16-17-12/h4-5,9,14H,6-8H2,1-3H3. The summed E-state index contributed by atoms with van der Waals surface area (Å²) in [5.41, 5.74) is 0.243. The molecule has 2 heterocycles. The van der Waals surface area contributed by atoms with Crippen molar-refractivity contribution < 1.29 is 4.52 Å². The summed E-state index contributed by atoms with van der Waals surface area (Å²) in [6.45, 7) is 8.47. The normalized spacial score (nSPS) is 11.9. The first-order valence-corrected chi connectivity index (χ1v) is 6.93. The second-order valence-corrected chi connectivity index (χ2v) is 6.45. The van der Waals surface area contributed by atoms with E-state index in [0.717, 1.165) is 19.5 Å². The molecule has 1 N–H and O–H groups in total. The first-order valence-electron chi connectivity index (χ1n) is 6.11. The largest absolute Gasteiger partial charge is 0.340 e. The molecule has 0 aliphatic rings. The summed E-state index contributed by atoms with van der Waals surface area (Å²) in [6, 6.07) is 4.42. The minimum atomic E-state index is 0.243. The molecule has 98 valence electrons. The van der Waals surface area contributed by atoms with Gasteiger partial charge in [0, 0.05) is 29.3 Å². The number of aromatic nitrogens is 2. The Bertz CT molecular complexity index is 471. The molecule has 0 fully saturated rings. The molecule has 0 aliphatic carbocycles. The third-order valence-electron chi connectivity index (χ3n) is 2.62. The van der Waals surface area contributed by atoms with E-state index in [0.29, 0.717) is 5.89 Å². The molecule has 5 heteroatoms. The fourth-order valence-electron chi connectivity index (χ4n) is 1.59. The molecule has 0 radical (unpaired) electrons. The molecule has 0 spiro atoms. The first kappa shape index (κ1) is 13.2. The van der Waals surface area contributed by atoms with Crippen LogP contribution >= 0.6 is 11.3 Å². The second kappa shape index (κ2) is 5.63. The second-order valence-electron chi connectivity index (χ2n) is 5.28. The van der Waals surface area contributed by atoms with Crippen LogP contribution in [0.15, 0.2) is 23.0 Å². The van der Waals surface area contributed by atoms with E-state index < -0.39 is 0 Å². The van der Waals surface area contributed by atoms with Crippen LogP contribution < -0.4 is 5.32 Å². The quantitative estimate of drug-likeness (QED) is 0.845. The summed E-state index contributed by atoms with van der Waals surface area (Å²) in [4.78, 5) is 6.78. The van der Waals surface area contributed by atoms with Crippen LogP contribution in [-0.4, -0.2) is 16.7 Å². The van der Waals surface area contributed by atoms with Crippen LogP contribution in [0.4, 0.5) is 0 Å². The van der Waals surface area contributed by atoms with Crippen LogP contribution in [0.3, 0.4) is 0 Å². The third kappa shape index (κ3) is 3.65. The van der Waals surface area contributed by atoms with Gasteiger partial charge in [-0.3, -0.25) is 0 Å². The number of hydrogen-bond donors (Lipinski definition) is 1. The lowest BCUT2D eigenvalue weighted by Gasteiger charge is -2.15. The van der Waals surface area contributed by atoms with E-state index in [4.69, 9.17) is 4.52 Å². The molecule has 0 aliphatic heterocycles. The smallest absolute Gasteiger partial charge is 0.227 e. The summed E-state index contributed by atoms with van der Waals surface area (Å²) in [5, 5.41) is 6.96. The van der Waals surface area contributed by atoms with Gasteiger partial charge >= 0.3 is 0 Å². The van der Waals surface area contributed by atoms with Crippen molar-refractivity contribution in [3.63, 3.8) is 0 Å². The third-order valence-corrected chi connectivity index (χ3v) is 4.13. The summed E-state index contributed by atoms with van der Waals surface area (Å²) in [7, 11) is 0. The first-order chi connectivity index (χ1) is 8.55. The molecule has 2 rings (SSSR count). The Kier molecular flexibility index (Phi) is 4.14. The number of nitrogens with zero attached hydrogens (tertiary/aromatic N) is 2. The van der Waals surface area contributed by atoms with Gasteiger partial charge in [0.15, 0.2) is 6.33 Å². The molecule has 0 amide bonds. The Morgan fingerprint density at radius 2 is 2.17 bits per heavy atom. The van der Waals surface area contributed by atoms with Crippen LogP contribution in [0.2, 0.25) is 0 Å². The molecule has 0 bridgehead atoms. The molecule has 0 aromatic carbocycles. The van der Waals surface area contributed by atoms with Crippen molar-refractivity contribution in [3.8, 4) is 0 Å². The average Bonchev–Trinajstić information content (AvgIpc) is 2.95. The van der Waals surface area contributed by atoms with Crippen LogP contribution in [0.1, 0.15) is 36.4 Å². The summed E-state index contributed by atoms with van der Waals surface area (Å²) in [6.07, 6.45) is 2.21. The van der Waals surface area contributed by atoms with Gasteiger partial charge in [-0.05, 0) is 17.5 Å². The highest BCUT2D eigenvalue weighted by atomic mass is 32.1.